The van der Waals surface area contributed by atoms with E-state index in [1.165, 1.54) is 5.56 Å². The number of nitrogens with one attached hydrogen (secondary N) is 2. The zero-order valence-corrected chi connectivity index (χ0v) is 14.1. The van der Waals surface area contributed by atoms with Crippen LogP contribution >= 0.6 is 0 Å². The Kier molecular flexibility index (Phi) is 4.51. The largest absolute Gasteiger partial charge is 0.488 e. The number of rotatable bonds is 5. The molecule has 2 aromatic heterocycles. The van der Waals surface area contributed by atoms with Gasteiger partial charge in [-0.3, -0.25) is 4.57 Å². The highest BCUT2D eigenvalue weighted by Gasteiger charge is 2.22. The van der Waals surface area contributed by atoms with Gasteiger partial charge in [-0.2, -0.15) is 0 Å². The Balaban J connectivity index is 1.29. The van der Waals surface area contributed by atoms with Crippen LogP contribution in [0.2, 0.25) is 0 Å². The number of urea groups is 1. The summed E-state index contributed by atoms with van der Waals surface area (Å²) < 4.78 is 7.64. The third kappa shape index (κ3) is 3.51. The number of carbonyl (C=O) groups is 1. The SMILES string of the molecule is O=C(NCc1cccnc1-n1ccnc1)NCC1Cc2ccccc2O1. The molecule has 1 atom stereocenters. The topological polar surface area (TPSA) is 81.1 Å². The molecular formula is C19H19N5O2. The monoisotopic (exact) mass is 349 g/mol. The molecule has 0 aliphatic carbocycles. The van der Waals surface area contributed by atoms with Crippen LogP contribution in [-0.4, -0.2) is 33.2 Å². The van der Waals surface area contributed by atoms with Gasteiger partial charge in [0.1, 0.15) is 24.0 Å². The molecule has 1 aliphatic rings. The molecule has 3 aromatic rings. The van der Waals surface area contributed by atoms with Crippen LogP contribution in [0.1, 0.15) is 11.1 Å². The van der Waals surface area contributed by atoms with Crippen molar-refractivity contribution < 1.29 is 9.53 Å². The summed E-state index contributed by atoms with van der Waals surface area (Å²) >= 11 is 0. The van der Waals surface area contributed by atoms with Gasteiger partial charge in [-0.15, -0.1) is 0 Å². The Hall–Kier alpha value is -3.35. The summed E-state index contributed by atoms with van der Waals surface area (Å²) in [5, 5.41) is 5.74. The van der Waals surface area contributed by atoms with E-state index in [2.05, 4.69) is 26.7 Å². The van der Waals surface area contributed by atoms with Crippen molar-refractivity contribution in [2.24, 2.45) is 0 Å². The highest BCUT2D eigenvalue weighted by Crippen LogP contribution is 2.27. The van der Waals surface area contributed by atoms with Gasteiger partial charge in [0.2, 0.25) is 0 Å². The van der Waals surface area contributed by atoms with Crippen LogP contribution in [0.5, 0.6) is 5.75 Å². The summed E-state index contributed by atoms with van der Waals surface area (Å²) in [6.45, 7) is 0.834. The average Bonchev–Trinajstić information content (AvgIpc) is 3.34. The van der Waals surface area contributed by atoms with Crippen molar-refractivity contribution in [1.82, 2.24) is 25.2 Å². The summed E-state index contributed by atoms with van der Waals surface area (Å²) in [7, 11) is 0. The lowest BCUT2D eigenvalue weighted by atomic mass is 10.1. The van der Waals surface area contributed by atoms with E-state index in [0.717, 1.165) is 23.6 Å². The third-order valence-electron chi connectivity index (χ3n) is 4.26. The van der Waals surface area contributed by atoms with Gasteiger partial charge in [-0.1, -0.05) is 24.3 Å². The minimum absolute atomic E-state index is 0.0296. The fourth-order valence-electron chi connectivity index (χ4n) is 3.00. The van der Waals surface area contributed by atoms with E-state index in [-0.39, 0.29) is 12.1 Å². The molecular weight excluding hydrogens is 330 g/mol. The number of pyridine rings is 1. The summed E-state index contributed by atoms with van der Waals surface area (Å²) in [5.74, 6) is 1.65. The molecule has 0 radical (unpaired) electrons. The van der Waals surface area contributed by atoms with Gasteiger partial charge in [-0.05, 0) is 17.7 Å². The summed E-state index contributed by atoms with van der Waals surface area (Å²) in [5.41, 5.74) is 2.09. The lowest BCUT2D eigenvalue weighted by molar-refractivity contribution is 0.214. The van der Waals surface area contributed by atoms with E-state index in [9.17, 15) is 4.79 Å². The number of hydrogen-bond acceptors (Lipinski definition) is 4. The van der Waals surface area contributed by atoms with Crippen LogP contribution in [0.25, 0.3) is 5.82 Å². The zero-order chi connectivity index (χ0) is 17.8. The Morgan fingerprint density at radius 3 is 2.96 bits per heavy atom. The van der Waals surface area contributed by atoms with Gasteiger partial charge < -0.3 is 15.4 Å². The minimum Gasteiger partial charge on any atom is -0.488 e. The third-order valence-corrected chi connectivity index (χ3v) is 4.26. The molecule has 2 amide bonds. The molecule has 1 aliphatic heterocycles. The predicted molar refractivity (Wildman–Crippen MR) is 96.2 cm³/mol. The first-order valence-electron chi connectivity index (χ1n) is 8.48. The molecule has 7 nitrogen and oxygen atoms in total. The van der Waals surface area contributed by atoms with E-state index in [0.29, 0.717) is 13.1 Å². The highest BCUT2D eigenvalue weighted by molar-refractivity contribution is 5.74. The smallest absolute Gasteiger partial charge is 0.315 e. The summed E-state index contributed by atoms with van der Waals surface area (Å²) in [6.07, 6.45) is 7.69. The van der Waals surface area contributed by atoms with E-state index in [1.807, 2.05) is 41.1 Å². The first-order valence-corrected chi connectivity index (χ1v) is 8.48. The normalized spacial score (nSPS) is 15.2. The Labute approximate surface area is 151 Å². The molecule has 132 valence electrons. The van der Waals surface area contributed by atoms with Crippen LogP contribution in [0.4, 0.5) is 4.79 Å². The molecule has 1 unspecified atom stereocenters. The summed E-state index contributed by atoms with van der Waals surface area (Å²) in [6, 6.07) is 11.5. The number of nitrogens with zero attached hydrogens (tertiary/aromatic N) is 3. The first-order chi connectivity index (χ1) is 12.8. The van der Waals surface area contributed by atoms with E-state index < -0.39 is 0 Å². The second-order valence-corrected chi connectivity index (χ2v) is 6.07. The molecule has 0 bridgehead atoms. The molecule has 2 N–H and O–H groups in total. The molecule has 0 spiro atoms. The number of fused-ring (bicyclic) bond motifs is 1. The standard InChI is InChI=1S/C19H19N5O2/c25-19(23-12-16-10-14-4-1-2-6-17(14)26-16)22-11-15-5-3-7-21-18(15)24-9-8-20-13-24/h1-9,13,16H,10-12H2,(H2,22,23,25). The average molecular weight is 349 g/mol. The molecule has 4 rings (SSSR count). The van der Waals surface area contributed by atoms with Gasteiger partial charge in [0, 0.05) is 37.1 Å². The van der Waals surface area contributed by atoms with Crippen molar-refractivity contribution in [3.63, 3.8) is 0 Å². The van der Waals surface area contributed by atoms with Crippen molar-refractivity contribution in [3.05, 3.63) is 72.4 Å². The van der Waals surface area contributed by atoms with E-state index in [1.54, 1.807) is 18.7 Å². The second-order valence-electron chi connectivity index (χ2n) is 6.07. The number of imidazole rings is 1. The van der Waals surface area contributed by atoms with Crippen LogP contribution in [0.15, 0.2) is 61.3 Å². The lowest BCUT2D eigenvalue weighted by Gasteiger charge is -2.13. The first kappa shape index (κ1) is 16.1. The van der Waals surface area contributed by atoms with Crippen LogP contribution in [0.3, 0.4) is 0 Å². The molecule has 7 heteroatoms. The highest BCUT2D eigenvalue weighted by atomic mass is 16.5. The maximum absolute atomic E-state index is 12.1. The Morgan fingerprint density at radius 1 is 1.19 bits per heavy atom. The minimum atomic E-state index is -0.231. The lowest BCUT2D eigenvalue weighted by Crippen LogP contribution is -2.40. The fraction of sp³-hybridized carbons (Fsp3) is 0.211. The van der Waals surface area contributed by atoms with Crippen molar-refractivity contribution in [1.29, 1.82) is 0 Å². The molecule has 0 fully saturated rings. The number of carbonyl (C=O) groups excluding carboxylic acids is 1. The Morgan fingerprint density at radius 2 is 2.12 bits per heavy atom. The zero-order valence-electron chi connectivity index (χ0n) is 14.1. The van der Waals surface area contributed by atoms with Crippen molar-refractivity contribution in [3.8, 4) is 11.6 Å². The quantitative estimate of drug-likeness (QED) is 0.739. The number of hydrogen-bond donors (Lipinski definition) is 2. The Bertz CT molecular complexity index is 869. The van der Waals surface area contributed by atoms with Gasteiger partial charge >= 0.3 is 6.03 Å². The van der Waals surface area contributed by atoms with E-state index in [4.69, 9.17) is 4.74 Å². The predicted octanol–water partition coefficient (Wildman–Crippen LogP) is 2.07. The van der Waals surface area contributed by atoms with Crippen molar-refractivity contribution in [2.75, 3.05) is 6.54 Å². The van der Waals surface area contributed by atoms with Crippen LogP contribution in [0, 0.1) is 0 Å². The fourth-order valence-corrected chi connectivity index (χ4v) is 3.00. The molecule has 0 saturated heterocycles. The number of para-hydroxylation sites is 1. The number of amides is 2. The van der Waals surface area contributed by atoms with E-state index >= 15 is 0 Å². The number of benzene rings is 1. The maximum atomic E-state index is 12.1. The van der Waals surface area contributed by atoms with Gasteiger partial charge in [-0.25, -0.2) is 14.8 Å². The summed E-state index contributed by atoms with van der Waals surface area (Å²) in [4.78, 5) is 20.5. The van der Waals surface area contributed by atoms with Crippen LogP contribution in [-0.2, 0) is 13.0 Å². The van der Waals surface area contributed by atoms with Gasteiger partial charge in [0.05, 0.1) is 6.54 Å². The molecule has 26 heavy (non-hydrogen) atoms. The molecule has 1 aromatic carbocycles. The second kappa shape index (κ2) is 7.26. The molecule has 0 saturated carbocycles. The van der Waals surface area contributed by atoms with Crippen molar-refractivity contribution >= 4 is 6.03 Å². The van der Waals surface area contributed by atoms with Gasteiger partial charge in [0.15, 0.2) is 0 Å². The maximum Gasteiger partial charge on any atom is 0.315 e. The van der Waals surface area contributed by atoms with Gasteiger partial charge in [0.25, 0.3) is 0 Å². The number of ether oxygens (including phenoxy) is 1. The number of aromatic nitrogens is 3. The van der Waals surface area contributed by atoms with Crippen molar-refractivity contribution in [2.45, 2.75) is 19.1 Å². The molecule has 3 heterocycles. The van der Waals surface area contributed by atoms with Crippen LogP contribution < -0.4 is 15.4 Å².